The van der Waals surface area contributed by atoms with E-state index in [1.165, 1.54) is 13.2 Å². The number of alkyl halides is 3. The van der Waals surface area contributed by atoms with Gasteiger partial charge in [0.2, 0.25) is 0 Å². The summed E-state index contributed by atoms with van der Waals surface area (Å²) in [5, 5.41) is 0.505. The number of benzene rings is 1. The number of ether oxygens (including phenoxy) is 1. The number of aromatic nitrogens is 1. The van der Waals surface area contributed by atoms with Crippen molar-refractivity contribution in [1.29, 1.82) is 0 Å². The van der Waals surface area contributed by atoms with Crippen LogP contribution in [-0.2, 0) is 15.5 Å². The summed E-state index contributed by atoms with van der Waals surface area (Å²) in [7, 11) is 0.697. The maximum Gasteiger partial charge on any atom is 0.495 e. The number of methoxy groups -OCH3 is 1. The normalized spacial score (nSPS) is 19.4. The zero-order chi connectivity index (χ0) is 18.6. The first-order chi connectivity index (χ1) is 11.5. The molecule has 1 aromatic heterocycles. The second-order valence-corrected chi connectivity index (χ2v) is 7.04. The second kappa shape index (κ2) is 5.61. The fourth-order valence-electron chi connectivity index (χ4n) is 2.71. The molecule has 4 nitrogen and oxygen atoms in total. The molecule has 0 saturated carbocycles. The van der Waals surface area contributed by atoms with Gasteiger partial charge in [-0.3, -0.25) is 0 Å². The summed E-state index contributed by atoms with van der Waals surface area (Å²) in [5.41, 5.74) is -1.32. The monoisotopic (exact) mass is 353 g/mol. The Balaban J connectivity index is 2.15. The number of fused-ring (bicyclic) bond motifs is 1. The van der Waals surface area contributed by atoms with Crippen molar-refractivity contribution in [2.24, 2.45) is 0 Å². The quantitative estimate of drug-likeness (QED) is 0.775. The minimum absolute atomic E-state index is 0.129. The molecule has 0 unspecified atom stereocenters. The van der Waals surface area contributed by atoms with Crippen LogP contribution >= 0.6 is 0 Å². The van der Waals surface area contributed by atoms with Crippen LogP contribution < -0.4 is 10.2 Å². The van der Waals surface area contributed by atoms with E-state index in [0.29, 0.717) is 10.8 Å². The molecule has 0 atom stereocenters. The molecule has 1 saturated heterocycles. The third kappa shape index (κ3) is 2.97. The van der Waals surface area contributed by atoms with Gasteiger partial charge in [0.15, 0.2) is 0 Å². The van der Waals surface area contributed by atoms with Gasteiger partial charge in [0.05, 0.1) is 18.3 Å². The van der Waals surface area contributed by atoms with E-state index >= 15 is 0 Å². The highest BCUT2D eigenvalue weighted by atomic mass is 19.4. The van der Waals surface area contributed by atoms with E-state index in [2.05, 4.69) is 4.98 Å². The average molecular weight is 353 g/mol. The molecule has 1 aliphatic heterocycles. The number of pyridine rings is 1. The molecule has 1 aromatic carbocycles. The van der Waals surface area contributed by atoms with E-state index in [-0.39, 0.29) is 11.3 Å². The van der Waals surface area contributed by atoms with Crippen molar-refractivity contribution in [3.05, 3.63) is 30.0 Å². The number of hydrogen-bond acceptors (Lipinski definition) is 4. The van der Waals surface area contributed by atoms with Gasteiger partial charge in [-0.2, -0.15) is 13.2 Å². The van der Waals surface area contributed by atoms with E-state index in [9.17, 15) is 13.2 Å². The fraction of sp³-hybridized carbons (Fsp3) is 0.471. The van der Waals surface area contributed by atoms with E-state index in [0.717, 1.165) is 6.07 Å². The standard InChI is InChI=1S/C17H19BF3NO3/c1-15(2)16(3,4)25-18(24-15)11-7-8-12(23-5)14-10(11)6-9-13(22-14)17(19,20)21/h6-9H,1-5H3. The lowest BCUT2D eigenvalue weighted by Gasteiger charge is -2.32. The lowest BCUT2D eigenvalue weighted by Crippen LogP contribution is -2.41. The summed E-state index contributed by atoms with van der Waals surface area (Å²) in [5.74, 6) is 0.265. The Hall–Kier alpha value is -1.80. The zero-order valence-electron chi connectivity index (χ0n) is 14.7. The number of hydrogen-bond donors (Lipinski definition) is 0. The Labute approximate surface area is 144 Å². The SMILES string of the molecule is COc1ccc(B2OC(C)(C)C(C)(C)O2)c2ccc(C(F)(F)F)nc12. The van der Waals surface area contributed by atoms with Gasteiger partial charge in [0.1, 0.15) is 17.0 Å². The van der Waals surface area contributed by atoms with Crippen LogP contribution in [0.25, 0.3) is 10.9 Å². The van der Waals surface area contributed by atoms with Crippen LogP contribution in [0.1, 0.15) is 33.4 Å². The zero-order valence-corrected chi connectivity index (χ0v) is 14.7. The maximum absolute atomic E-state index is 13.0. The molecule has 134 valence electrons. The van der Waals surface area contributed by atoms with Crippen molar-refractivity contribution in [1.82, 2.24) is 4.98 Å². The Bertz CT molecular complexity index is 805. The molecule has 0 N–H and O–H groups in total. The highest BCUT2D eigenvalue weighted by Gasteiger charge is 2.52. The Morgan fingerprint density at radius 2 is 1.60 bits per heavy atom. The minimum Gasteiger partial charge on any atom is -0.494 e. The molecule has 1 aliphatic rings. The molecule has 2 heterocycles. The summed E-state index contributed by atoms with van der Waals surface area (Å²) in [4.78, 5) is 3.76. The number of nitrogens with zero attached hydrogens (tertiary/aromatic N) is 1. The molecule has 8 heteroatoms. The summed E-state index contributed by atoms with van der Waals surface area (Å²) in [6.07, 6.45) is -4.53. The van der Waals surface area contributed by atoms with Crippen molar-refractivity contribution < 1.29 is 27.2 Å². The molecular formula is C17H19BF3NO3. The Morgan fingerprint density at radius 3 is 2.12 bits per heavy atom. The van der Waals surface area contributed by atoms with E-state index < -0.39 is 30.2 Å². The van der Waals surface area contributed by atoms with Gasteiger partial charge in [-0.25, -0.2) is 4.98 Å². The predicted octanol–water partition coefficient (Wildman–Crippen LogP) is 3.56. The summed E-state index contributed by atoms with van der Waals surface area (Å²) >= 11 is 0. The first kappa shape index (κ1) is 18.0. The van der Waals surface area contributed by atoms with Gasteiger partial charge < -0.3 is 14.0 Å². The van der Waals surface area contributed by atoms with Crippen LogP contribution in [0, 0.1) is 0 Å². The van der Waals surface area contributed by atoms with Crippen LogP contribution in [0.4, 0.5) is 13.2 Å². The highest BCUT2D eigenvalue weighted by molar-refractivity contribution is 6.65. The highest BCUT2D eigenvalue weighted by Crippen LogP contribution is 2.38. The van der Waals surface area contributed by atoms with E-state index in [1.54, 1.807) is 12.1 Å². The first-order valence-corrected chi connectivity index (χ1v) is 7.87. The van der Waals surface area contributed by atoms with Crippen molar-refractivity contribution >= 4 is 23.5 Å². The van der Waals surface area contributed by atoms with Crippen molar-refractivity contribution in [2.75, 3.05) is 7.11 Å². The summed E-state index contributed by atoms with van der Waals surface area (Å²) in [6.45, 7) is 7.66. The fourth-order valence-corrected chi connectivity index (χ4v) is 2.71. The smallest absolute Gasteiger partial charge is 0.494 e. The third-order valence-corrected chi connectivity index (χ3v) is 4.87. The summed E-state index contributed by atoms with van der Waals surface area (Å²) < 4.78 is 56.2. The topological polar surface area (TPSA) is 40.6 Å². The predicted molar refractivity (Wildman–Crippen MR) is 89.0 cm³/mol. The average Bonchev–Trinajstić information content (AvgIpc) is 2.72. The van der Waals surface area contributed by atoms with Crippen LogP contribution in [0.5, 0.6) is 5.75 Å². The number of rotatable bonds is 2. The first-order valence-electron chi connectivity index (χ1n) is 7.87. The minimum atomic E-state index is -4.53. The van der Waals surface area contributed by atoms with Crippen LogP contribution in [-0.4, -0.2) is 30.4 Å². The van der Waals surface area contributed by atoms with Gasteiger partial charge in [0, 0.05) is 5.39 Å². The molecule has 3 rings (SSSR count). The molecule has 1 fully saturated rings. The van der Waals surface area contributed by atoms with E-state index in [4.69, 9.17) is 14.0 Å². The molecule has 25 heavy (non-hydrogen) atoms. The molecule has 0 spiro atoms. The molecule has 0 aliphatic carbocycles. The maximum atomic E-state index is 13.0. The molecule has 2 aromatic rings. The van der Waals surface area contributed by atoms with Crippen LogP contribution in [0.15, 0.2) is 24.3 Å². The summed E-state index contributed by atoms with van der Waals surface area (Å²) in [6, 6.07) is 5.65. The van der Waals surface area contributed by atoms with Gasteiger partial charge in [-0.15, -0.1) is 0 Å². The van der Waals surface area contributed by atoms with Crippen molar-refractivity contribution in [3.8, 4) is 5.75 Å². The lowest BCUT2D eigenvalue weighted by molar-refractivity contribution is -0.140. The molecule has 0 bridgehead atoms. The molecular weight excluding hydrogens is 334 g/mol. The molecule has 0 amide bonds. The Morgan fingerprint density at radius 1 is 1.00 bits per heavy atom. The van der Waals surface area contributed by atoms with Crippen LogP contribution in [0.3, 0.4) is 0 Å². The van der Waals surface area contributed by atoms with Gasteiger partial charge in [-0.05, 0) is 45.3 Å². The lowest BCUT2D eigenvalue weighted by atomic mass is 9.76. The van der Waals surface area contributed by atoms with E-state index in [1.807, 2.05) is 27.7 Å². The Kier molecular flexibility index (Phi) is 4.04. The molecule has 0 radical (unpaired) electrons. The van der Waals surface area contributed by atoms with Crippen LogP contribution in [0.2, 0.25) is 0 Å². The van der Waals surface area contributed by atoms with Gasteiger partial charge >= 0.3 is 13.3 Å². The number of halogens is 3. The third-order valence-electron chi connectivity index (χ3n) is 4.87. The van der Waals surface area contributed by atoms with Crippen molar-refractivity contribution in [2.45, 2.75) is 45.1 Å². The van der Waals surface area contributed by atoms with Crippen molar-refractivity contribution in [3.63, 3.8) is 0 Å². The largest absolute Gasteiger partial charge is 0.495 e. The second-order valence-electron chi connectivity index (χ2n) is 7.04. The van der Waals surface area contributed by atoms with Gasteiger partial charge in [-0.1, -0.05) is 12.1 Å². The van der Waals surface area contributed by atoms with Gasteiger partial charge in [0.25, 0.3) is 0 Å².